The molecule has 0 unspecified atom stereocenters. The van der Waals surface area contributed by atoms with E-state index in [1.54, 1.807) is 5.56 Å². The Bertz CT molecular complexity index is 645. The summed E-state index contributed by atoms with van der Waals surface area (Å²) in [5.74, 6) is 3.42. The highest BCUT2D eigenvalue weighted by Crippen LogP contribution is 2.53. The van der Waals surface area contributed by atoms with Gasteiger partial charge in [0.05, 0.1) is 0 Å². The number of hydrogen-bond donors (Lipinski definition) is 0. The lowest BCUT2D eigenvalue weighted by molar-refractivity contribution is 0.0969. The molecule has 4 rings (SSSR count). The van der Waals surface area contributed by atoms with Gasteiger partial charge in [-0.2, -0.15) is 11.8 Å². The molecule has 0 spiro atoms. The van der Waals surface area contributed by atoms with Crippen molar-refractivity contribution in [2.75, 3.05) is 42.6 Å². The topological polar surface area (TPSA) is 6.48 Å². The minimum absolute atomic E-state index is 0. The first-order chi connectivity index (χ1) is 13.3. The number of piperazine rings is 1. The number of halogens is 1. The lowest BCUT2D eigenvalue weighted by atomic mass is 9.60. The molecule has 0 aromatic heterocycles. The first-order valence-electron chi connectivity index (χ1n) is 11.5. The van der Waals surface area contributed by atoms with Gasteiger partial charge >= 0.3 is 0 Å². The molecule has 2 aliphatic heterocycles. The Morgan fingerprint density at radius 1 is 0.862 bits per heavy atom. The molecule has 3 fully saturated rings. The summed E-state index contributed by atoms with van der Waals surface area (Å²) in [5, 5.41) is 0. The van der Waals surface area contributed by atoms with Crippen LogP contribution in [-0.2, 0) is 0 Å². The second-order valence-corrected chi connectivity index (χ2v) is 12.3. The van der Waals surface area contributed by atoms with Crippen LogP contribution in [0.15, 0.2) is 24.3 Å². The van der Waals surface area contributed by atoms with Crippen LogP contribution in [-0.4, -0.2) is 48.6 Å². The Morgan fingerprint density at radius 3 is 2.07 bits per heavy atom. The van der Waals surface area contributed by atoms with E-state index in [1.807, 2.05) is 0 Å². The average molecular weight is 437 g/mol. The van der Waals surface area contributed by atoms with Crippen LogP contribution in [0.2, 0.25) is 0 Å². The molecule has 1 aromatic rings. The highest BCUT2D eigenvalue weighted by Gasteiger charge is 2.40. The summed E-state index contributed by atoms with van der Waals surface area (Å²) in [6.45, 7) is 14.8. The van der Waals surface area contributed by atoms with Crippen LogP contribution in [0.1, 0.15) is 71.3 Å². The van der Waals surface area contributed by atoms with Gasteiger partial charge in [0.25, 0.3) is 0 Å². The molecule has 1 saturated carbocycles. The molecule has 1 aromatic carbocycles. The van der Waals surface area contributed by atoms with E-state index in [1.165, 1.54) is 75.5 Å². The van der Waals surface area contributed by atoms with Gasteiger partial charge < -0.3 is 4.90 Å². The van der Waals surface area contributed by atoms with Gasteiger partial charge in [-0.25, -0.2) is 0 Å². The van der Waals surface area contributed by atoms with Crippen LogP contribution in [0.5, 0.6) is 0 Å². The molecule has 3 aliphatic rings. The van der Waals surface area contributed by atoms with E-state index in [-0.39, 0.29) is 12.4 Å². The molecule has 164 valence electrons. The summed E-state index contributed by atoms with van der Waals surface area (Å²) >= 11 is 2.14. The van der Waals surface area contributed by atoms with E-state index in [0.29, 0.717) is 16.7 Å². The summed E-state index contributed by atoms with van der Waals surface area (Å²) in [6.07, 6.45) is 6.79. The first kappa shape index (κ1) is 23.3. The molecular formula is C25H41ClN2S. The van der Waals surface area contributed by atoms with E-state index < -0.39 is 0 Å². The molecule has 0 bridgehead atoms. The monoisotopic (exact) mass is 436 g/mol. The highest BCUT2D eigenvalue weighted by molar-refractivity contribution is 7.99. The van der Waals surface area contributed by atoms with Crippen molar-refractivity contribution in [3.8, 4) is 0 Å². The molecule has 0 N–H and O–H groups in total. The number of hydrogen-bond acceptors (Lipinski definition) is 3. The largest absolute Gasteiger partial charge is 0.369 e. The molecule has 0 radical (unpaired) electrons. The first-order valence-corrected chi connectivity index (χ1v) is 12.6. The van der Waals surface area contributed by atoms with Crippen molar-refractivity contribution in [2.45, 2.75) is 71.8 Å². The Morgan fingerprint density at radius 2 is 1.45 bits per heavy atom. The minimum atomic E-state index is 0. The molecule has 4 heteroatoms. The molecule has 2 saturated heterocycles. The normalized spacial score (nSPS) is 26.1. The Hall–Kier alpha value is -0.380. The number of benzene rings is 1. The van der Waals surface area contributed by atoms with Gasteiger partial charge in [0, 0.05) is 37.9 Å². The fraction of sp³-hybridized carbons (Fsp3) is 0.760. The van der Waals surface area contributed by atoms with Crippen LogP contribution in [0.3, 0.4) is 0 Å². The van der Waals surface area contributed by atoms with Crippen molar-refractivity contribution in [2.24, 2.45) is 10.8 Å². The van der Waals surface area contributed by atoms with Crippen molar-refractivity contribution in [1.29, 1.82) is 0 Å². The Kier molecular flexibility index (Phi) is 7.55. The van der Waals surface area contributed by atoms with E-state index in [4.69, 9.17) is 0 Å². The zero-order chi connectivity index (χ0) is 19.8. The zero-order valence-electron chi connectivity index (χ0n) is 19.0. The van der Waals surface area contributed by atoms with Gasteiger partial charge in [0.1, 0.15) is 0 Å². The SMILES string of the molecule is CC1(C)CC(c2ccccc2N2CCN(C3CCSCC3)CC2)CC(C)(C)C1.Cl. The maximum absolute atomic E-state index is 2.78. The van der Waals surface area contributed by atoms with Crippen molar-refractivity contribution in [3.05, 3.63) is 29.8 Å². The maximum atomic E-state index is 2.78. The summed E-state index contributed by atoms with van der Waals surface area (Å²) in [6, 6.07) is 10.2. The van der Waals surface area contributed by atoms with Crippen LogP contribution in [0, 0.1) is 10.8 Å². The number of para-hydroxylation sites is 1. The van der Waals surface area contributed by atoms with Crippen molar-refractivity contribution >= 4 is 29.9 Å². The fourth-order valence-electron chi connectivity index (χ4n) is 6.56. The Balaban J connectivity index is 0.00000240. The zero-order valence-corrected chi connectivity index (χ0v) is 20.6. The van der Waals surface area contributed by atoms with Crippen LogP contribution < -0.4 is 4.90 Å². The standard InChI is InChI=1S/C25H40N2S.ClH/c1-24(2)17-20(18-25(3,4)19-24)22-7-5-6-8-23(22)27-13-11-26(12-14-27)21-9-15-28-16-10-21;/h5-8,20-21H,9-19H2,1-4H3;1H. The molecule has 2 nitrogen and oxygen atoms in total. The molecule has 0 amide bonds. The second kappa shape index (κ2) is 9.40. The van der Waals surface area contributed by atoms with E-state index in [2.05, 4.69) is 73.5 Å². The van der Waals surface area contributed by atoms with E-state index >= 15 is 0 Å². The lowest BCUT2D eigenvalue weighted by Gasteiger charge is -2.47. The predicted molar refractivity (Wildman–Crippen MR) is 132 cm³/mol. The van der Waals surface area contributed by atoms with Crippen LogP contribution >= 0.6 is 24.2 Å². The summed E-state index contributed by atoms with van der Waals surface area (Å²) in [5.41, 5.74) is 4.03. The van der Waals surface area contributed by atoms with Crippen LogP contribution in [0.25, 0.3) is 0 Å². The minimum Gasteiger partial charge on any atom is -0.369 e. The molecule has 2 heterocycles. The van der Waals surface area contributed by atoms with Gasteiger partial charge in [-0.15, -0.1) is 12.4 Å². The predicted octanol–water partition coefficient (Wildman–Crippen LogP) is 6.45. The smallest absolute Gasteiger partial charge is 0.0402 e. The maximum Gasteiger partial charge on any atom is 0.0402 e. The number of rotatable bonds is 3. The third-order valence-electron chi connectivity index (χ3n) is 7.29. The van der Waals surface area contributed by atoms with E-state index in [9.17, 15) is 0 Å². The third-order valence-corrected chi connectivity index (χ3v) is 8.34. The number of anilines is 1. The third kappa shape index (κ3) is 5.66. The second-order valence-electron chi connectivity index (χ2n) is 11.0. The van der Waals surface area contributed by atoms with Gasteiger partial charge in [0.15, 0.2) is 0 Å². The molecule has 0 atom stereocenters. The van der Waals surface area contributed by atoms with E-state index in [0.717, 1.165) is 6.04 Å². The van der Waals surface area contributed by atoms with Gasteiger partial charge in [-0.3, -0.25) is 4.90 Å². The fourth-order valence-corrected chi connectivity index (χ4v) is 7.65. The average Bonchev–Trinajstić information content (AvgIpc) is 2.66. The Labute approximate surface area is 189 Å². The molecule has 1 aliphatic carbocycles. The van der Waals surface area contributed by atoms with Crippen LogP contribution in [0.4, 0.5) is 5.69 Å². The van der Waals surface area contributed by atoms with Gasteiger partial charge in [-0.05, 0) is 72.0 Å². The molecule has 29 heavy (non-hydrogen) atoms. The van der Waals surface area contributed by atoms with Crippen molar-refractivity contribution in [1.82, 2.24) is 4.90 Å². The summed E-state index contributed by atoms with van der Waals surface area (Å²) < 4.78 is 0. The quantitative estimate of drug-likeness (QED) is 0.537. The molecular weight excluding hydrogens is 396 g/mol. The summed E-state index contributed by atoms with van der Waals surface area (Å²) in [7, 11) is 0. The number of thioether (sulfide) groups is 1. The summed E-state index contributed by atoms with van der Waals surface area (Å²) in [4.78, 5) is 5.48. The lowest BCUT2D eigenvalue weighted by Crippen LogP contribution is -2.51. The van der Waals surface area contributed by atoms with Crippen molar-refractivity contribution < 1.29 is 0 Å². The van der Waals surface area contributed by atoms with Crippen molar-refractivity contribution in [3.63, 3.8) is 0 Å². The van der Waals surface area contributed by atoms with Gasteiger partial charge in [-0.1, -0.05) is 45.9 Å². The highest BCUT2D eigenvalue weighted by atomic mass is 35.5. The van der Waals surface area contributed by atoms with Gasteiger partial charge in [0.2, 0.25) is 0 Å². The number of nitrogens with zero attached hydrogens (tertiary/aromatic N) is 2.